The van der Waals surface area contributed by atoms with Gasteiger partial charge in [0.05, 0.1) is 26.9 Å². The normalized spacial score (nSPS) is 17.1. The number of rotatable bonds is 5. The van der Waals surface area contributed by atoms with Gasteiger partial charge < -0.3 is 19.1 Å². The van der Waals surface area contributed by atoms with Gasteiger partial charge in [-0.25, -0.2) is 0 Å². The van der Waals surface area contributed by atoms with E-state index in [1.165, 1.54) is 5.56 Å². The molecule has 1 atom stereocenters. The van der Waals surface area contributed by atoms with Crippen molar-refractivity contribution in [2.24, 2.45) is 0 Å². The molecule has 0 saturated carbocycles. The van der Waals surface area contributed by atoms with Gasteiger partial charge in [-0.15, -0.1) is 0 Å². The lowest BCUT2D eigenvalue weighted by atomic mass is 9.94. The van der Waals surface area contributed by atoms with E-state index in [0.29, 0.717) is 29.5 Å². The van der Waals surface area contributed by atoms with Crippen LogP contribution in [0.2, 0.25) is 0 Å². The van der Waals surface area contributed by atoms with Crippen molar-refractivity contribution in [3.63, 3.8) is 0 Å². The molecule has 3 rings (SSSR count). The third kappa shape index (κ3) is 4.18. The summed E-state index contributed by atoms with van der Waals surface area (Å²) in [5.74, 6) is 2.23. The van der Waals surface area contributed by atoms with Crippen molar-refractivity contribution in [2.75, 3.05) is 34.4 Å². The second-order valence-electron chi connectivity index (χ2n) is 6.76. The number of benzene rings is 2. The Kier molecular flexibility index (Phi) is 6.22. The molecule has 1 fully saturated rings. The molecule has 1 amide bonds. The van der Waals surface area contributed by atoms with Gasteiger partial charge in [-0.2, -0.15) is 0 Å². The Morgan fingerprint density at radius 3 is 2.41 bits per heavy atom. The minimum Gasteiger partial charge on any atom is -0.497 e. The van der Waals surface area contributed by atoms with Gasteiger partial charge in [-0.3, -0.25) is 4.79 Å². The van der Waals surface area contributed by atoms with Crippen LogP contribution < -0.4 is 14.2 Å². The quantitative estimate of drug-likeness (QED) is 0.795. The van der Waals surface area contributed by atoms with Crippen molar-refractivity contribution in [1.82, 2.24) is 4.90 Å². The van der Waals surface area contributed by atoms with Gasteiger partial charge in [0.2, 0.25) is 0 Å². The molecular weight excluding hydrogens is 342 g/mol. The van der Waals surface area contributed by atoms with Gasteiger partial charge in [0.25, 0.3) is 5.91 Å². The van der Waals surface area contributed by atoms with E-state index in [2.05, 4.69) is 12.1 Å². The van der Waals surface area contributed by atoms with Gasteiger partial charge in [0.1, 0.15) is 5.75 Å². The van der Waals surface area contributed by atoms with Crippen molar-refractivity contribution in [2.45, 2.75) is 25.2 Å². The highest BCUT2D eigenvalue weighted by Crippen LogP contribution is 2.33. The van der Waals surface area contributed by atoms with E-state index in [0.717, 1.165) is 31.6 Å². The Hall–Kier alpha value is -2.69. The molecule has 0 spiro atoms. The molecule has 1 aliphatic rings. The first-order valence-corrected chi connectivity index (χ1v) is 9.32. The standard InChI is InChI=1S/C22H27NO4/c1-25-18-12-10-16(11-13-18)17-7-4-5-14-23(15-17)22(24)19-8-6-9-20(26-2)21(19)27-3/h6,8-13,17H,4-5,7,14-15H2,1-3H3. The zero-order chi connectivity index (χ0) is 19.2. The predicted octanol–water partition coefficient (Wildman–Crippen LogP) is 4.12. The number of methoxy groups -OCH3 is 3. The second-order valence-corrected chi connectivity index (χ2v) is 6.76. The van der Waals surface area contributed by atoms with Crippen molar-refractivity contribution >= 4 is 5.91 Å². The molecule has 1 aliphatic heterocycles. The lowest BCUT2D eigenvalue weighted by Gasteiger charge is -2.26. The SMILES string of the molecule is COc1ccc(C2CCCCN(C(=O)c3cccc(OC)c3OC)C2)cc1. The molecule has 1 saturated heterocycles. The van der Waals surface area contributed by atoms with Crippen molar-refractivity contribution in [3.8, 4) is 17.2 Å². The molecule has 1 unspecified atom stereocenters. The largest absolute Gasteiger partial charge is 0.497 e. The summed E-state index contributed by atoms with van der Waals surface area (Å²) in [4.78, 5) is 15.2. The van der Waals surface area contributed by atoms with E-state index in [1.54, 1.807) is 33.5 Å². The Bertz CT molecular complexity index is 772. The summed E-state index contributed by atoms with van der Waals surface area (Å²) in [6, 6.07) is 13.6. The van der Waals surface area contributed by atoms with E-state index in [9.17, 15) is 4.79 Å². The second kappa shape index (κ2) is 8.80. The first-order chi connectivity index (χ1) is 13.2. The molecule has 0 N–H and O–H groups in total. The van der Waals surface area contributed by atoms with Gasteiger partial charge in [-0.05, 0) is 42.7 Å². The fourth-order valence-corrected chi connectivity index (χ4v) is 3.70. The maximum absolute atomic E-state index is 13.2. The van der Waals surface area contributed by atoms with Gasteiger partial charge in [0, 0.05) is 19.0 Å². The van der Waals surface area contributed by atoms with Crippen molar-refractivity contribution in [1.29, 1.82) is 0 Å². The number of ether oxygens (including phenoxy) is 3. The van der Waals surface area contributed by atoms with E-state index in [1.807, 2.05) is 23.1 Å². The number of carbonyl (C=O) groups is 1. The first-order valence-electron chi connectivity index (χ1n) is 9.32. The number of para-hydroxylation sites is 1. The average molecular weight is 369 g/mol. The maximum Gasteiger partial charge on any atom is 0.257 e. The monoisotopic (exact) mass is 369 g/mol. The van der Waals surface area contributed by atoms with E-state index in [-0.39, 0.29) is 5.91 Å². The highest BCUT2D eigenvalue weighted by molar-refractivity contribution is 5.98. The smallest absolute Gasteiger partial charge is 0.257 e. The molecule has 1 heterocycles. The Morgan fingerprint density at radius 2 is 1.74 bits per heavy atom. The number of likely N-dealkylation sites (tertiary alicyclic amines) is 1. The highest BCUT2D eigenvalue weighted by atomic mass is 16.5. The number of amides is 1. The van der Waals surface area contributed by atoms with Crippen LogP contribution in [0.1, 0.15) is 41.1 Å². The zero-order valence-electron chi connectivity index (χ0n) is 16.2. The van der Waals surface area contributed by atoms with Gasteiger partial charge >= 0.3 is 0 Å². The molecule has 2 aromatic rings. The highest BCUT2D eigenvalue weighted by Gasteiger charge is 2.26. The minimum atomic E-state index is -0.00818. The molecular formula is C22H27NO4. The fourth-order valence-electron chi connectivity index (χ4n) is 3.70. The summed E-state index contributed by atoms with van der Waals surface area (Å²) in [5, 5.41) is 0. The van der Waals surface area contributed by atoms with Crippen LogP contribution in [0.4, 0.5) is 0 Å². The summed E-state index contributed by atoms with van der Waals surface area (Å²) in [6.45, 7) is 1.46. The number of nitrogens with zero attached hydrogens (tertiary/aromatic N) is 1. The molecule has 144 valence electrons. The van der Waals surface area contributed by atoms with Crippen molar-refractivity contribution < 1.29 is 19.0 Å². The van der Waals surface area contributed by atoms with E-state index >= 15 is 0 Å². The van der Waals surface area contributed by atoms with E-state index in [4.69, 9.17) is 14.2 Å². The molecule has 5 nitrogen and oxygen atoms in total. The van der Waals surface area contributed by atoms with Crippen molar-refractivity contribution in [3.05, 3.63) is 53.6 Å². The molecule has 5 heteroatoms. The number of hydrogen-bond donors (Lipinski definition) is 0. The average Bonchev–Trinajstić information content (AvgIpc) is 2.99. The summed E-state index contributed by atoms with van der Waals surface area (Å²) >= 11 is 0. The minimum absolute atomic E-state index is 0.00818. The first kappa shape index (κ1) is 19.1. The Labute approximate surface area is 160 Å². The summed E-state index contributed by atoms with van der Waals surface area (Å²) in [6.07, 6.45) is 3.19. The third-order valence-corrected chi connectivity index (χ3v) is 5.18. The number of hydrogen-bond acceptors (Lipinski definition) is 4. The summed E-state index contributed by atoms with van der Waals surface area (Å²) in [7, 11) is 4.82. The van der Waals surface area contributed by atoms with E-state index < -0.39 is 0 Å². The molecule has 27 heavy (non-hydrogen) atoms. The fraction of sp³-hybridized carbons (Fsp3) is 0.409. The van der Waals surface area contributed by atoms with Gasteiger partial charge in [0.15, 0.2) is 11.5 Å². The lowest BCUT2D eigenvalue weighted by molar-refractivity contribution is 0.0750. The molecule has 0 aromatic heterocycles. The molecule has 2 aromatic carbocycles. The lowest BCUT2D eigenvalue weighted by Crippen LogP contribution is -2.34. The van der Waals surface area contributed by atoms with Crippen LogP contribution in [-0.2, 0) is 0 Å². The third-order valence-electron chi connectivity index (χ3n) is 5.18. The molecule has 0 aliphatic carbocycles. The molecule has 0 radical (unpaired) electrons. The predicted molar refractivity (Wildman–Crippen MR) is 105 cm³/mol. The summed E-state index contributed by atoms with van der Waals surface area (Å²) in [5.41, 5.74) is 1.79. The Morgan fingerprint density at radius 1 is 0.963 bits per heavy atom. The Balaban J connectivity index is 1.84. The van der Waals surface area contributed by atoms with Crippen LogP contribution in [0, 0.1) is 0 Å². The topological polar surface area (TPSA) is 48.0 Å². The zero-order valence-corrected chi connectivity index (χ0v) is 16.2. The van der Waals surface area contributed by atoms with Gasteiger partial charge in [-0.1, -0.05) is 24.6 Å². The van der Waals surface area contributed by atoms with Crippen LogP contribution in [0.15, 0.2) is 42.5 Å². The summed E-state index contributed by atoms with van der Waals surface area (Å²) < 4.78 is 16.1. The number of carbonyl (C=O) groups excluding carboxylic acids is 1. The van der Waals surface area contributed by atoms with Crippen LogP contribution in [-0.4, -0.2) is 45.2 Å². The van der Waals surface area contributed by atoms with Crippen LogP contribution in [0.5, 0.6) is 17.2 Å². The molecule has 0 bridgehead atoms. The van der Waals surface area contributed by atoms with Crippen LogP contribution >= 0.6 is 0 Å². The maximum atomic E-state index is 13.2. The van der Waals surface area contributed by atoms with Crippen LogP contribution in [0.3, 0.4) is 0 Å². The van der Waals surface area contributed by atoms with Crippen LogP contribution in [0.25, 0.3) is 0 Å².